The minimum absolute atomic E-state index is 0.180. The van der Waals surface area contributed by atoms with E-state index in [4.69, 9.17) is 9.15 Å². The summed E-state index contributed by atoms with van der Waals surface area (Å²) in [6, 6.07) is 9.31. The molecule has 0 saturated heterocycles. The van der Waals surface area contributed by atoms with Gasteiger partial charge in [0.2, 0.25) is 0 Å². The van der Waals surface area contributed by atoms with Gasteiger partial charge in [-0.1, -0.05) is 0 Å². The molecule has 1 aliphatic carbocycles. The lowest BCUT2D eigenvalue weighted by molar-refractivity contribution is -0.137. The Kier molecular flexibility index (Phi) is 4.25. The van der Waals surface area contributed by atoms with Crippen LogP contribution in [0.5, 0.6) is 5.75 Å². The first kappa shape index (κ1) is 17.4. The minimum Gasteiger partial charge on any atom is -0.484 e. The Labute approximate surface area is 152 Å². The van der Waals surface area contributed by atoms with Crippen molar-refractivity contribution in [3.05, 3.63) is 53.9 Å². The molecule has 0 atom stereocenters. The van der Waals surface area contributed by atoms with Crippen LogP contribution in [0.1, 0.15) is 30.2 Å². The molecule has 0 unspecified atom stereocenters. The highest BCUT2D eigenvalue weighted by molar-refractivity contribution is 5.93. The molecule has 1 amide bonds. The van der Waals surface area contributed by atoms with Crippen LogP contribution in [0.25, 0.3) is 11.1 Å². The summed E-state index contributed by atoms with van der Waals surface area (Å²) in [7, 11) is 0. The molecule has 8 heteroatoms. The average Bonchev–Trinajstić information content (AvgIpc) is 3.39. The van der Waals surface area contributed by atoms with Crippen LogP contribution in [0.4, 0.5) is 18.9 Å². The van der Waals surface area contributed by atoms with E-state index in [1.54, 1.807) is 18.2 Å². The van der Waals surface area contributed by atoms with Gasteiger partial charge in [-0.3, -0.25) is 4.79 Å². The Bertz CT molecular complexity index is 976. The summed E-state index contributed by atoms with van der Waals surface area (Å²) in [6.45, 7) is -0.324. The van der Waals surface area contributed by atoms with Crippen LogP contribution in [-0.4, -0.2) is 17.5 Å². The normalized spacial score (nSPS) is 14.3. The third-order valence-electron chi connectivity index (χ3n) is 4.17. The van der Waals surface area contributed by atoms with E-state index >= 15 is 0 Å². The van der Waals surface area contributed by atoms with Crippen LogP contribution in [0.15, 0.2) is 46.9 Å². The second kappa shape index (κ2) is 6.61. The van der Waals surface area contributed by atoms with E-state index < -0.39 is 17.6 Å². The Morgan fingerprint density at radius 3 is 2.59 bits per heavy atom. The first-order valence-corrected chi connectivity index (χ1v) is 8.39. The van der Waals surface area contributed by atoms with Gasteiger partial charge in [-0.15, -0.1) is 0 Å². The number of amides is 1. The molecule has 3 aromatic rings. The predicted octanol–water partition coefficient (Wildman–Crippen LogP) is 4.74. The van der Waals surface area contributed by atoms with Crippen molar-refractivity contribution >= 4 is 22.7 Å². The van der Waals surface area contributed by atoms with Gasteiger partial charge in [-0.05, 0) is 55.3 Å². The first-order chi connectivity index (χ1) is 12.9. The number of oxazole rings is 1. The van der Waals surface area contributed by atoms with E-state index in [1.807, 2.05) is 0 Å². The highest BCUT2D eigenvalue weighted by Crippen LogP contribution is 2.40. The molecule has 0 aliphatic heterocycles. The monoisotopic (exact) mass is 376 g/mol. The molecule has 2 aromatic carbocycles. The Morgan fingerprint density at radius 2 is 1.93 bits per heavy atom. The van der Waals surface area contributed by atoms with Gasteiger partial charge < -0.3 is 14.5 Å². The van der Waals surface area contributed by atoms with Crippen LogP contribution in [0, 0.1) is 0 Å². The molecule has 140 valence electrons. The molecule has 27 heavy (non-hydrogen) atoms. The summed E-state index contributed by atoms with van der Waals surface area (Å²) in [5, 5.41) is 2.67. The molecule has 4 rings (SSSR count). The topological polar surface area (TPSA) is 64.4 Å². The number of anilines is 1. The highest BCUT2D eigenvalue weighted by atomic mass is 19.4. The molecule has 1 N–H and O–H groups in total. The van der Waals surface area contributed by atoms with E-state index in [-0.39, 0.29) is 12.4 Å². The maximum atomic E-state index is 12.5. The maximum Gasteiger partial charge on any atom is 0.416 e. The number of hydrogen-bond donors (Lipinski definition) is 1. The lowest BCUT2D eigenvalue weighted by Crippen LogP contribution is -2.20. The Morgan fingerprint density at radius 1 is 1.19 bits per heavy atom. The molecule has 1 heterocycles. The number of nitrogens with one attached hydrogen (secondary N) is 1. The van der Waals surface area contributed by atoms with Gasteiger partial charge in [-0.25, -0.2) is 4.98 Å². The summed E-state index contributed by atoms with van der Waals surface area (Å²) >= 11 is 0. The van der Waals surface area contributed by atoms with E-state index in [0.29, 0.717) is 22.7 Å². The molecule has 1 fully saturated rings. The average molecular weight is 376 g/mol. The number of ether oxygens (including phenoxy) is 1. The largest absolute Gasteiger partial charge is 0.484 e. The fourth-order valence-electron chi connectivity index (χ4n) is 2.61. The minimum atomic E-state index is -4.41. The van der Waals surface area contributed by atoms with Crippen molar-refractivity contribution in [3.63, 3.8) is 0 Å². The number of carbonyl (C=O) groups is 1. The molecule has 0 radical (unpaired) electrons. The van der Waals surface area contributed by atoms with E-state index in [1.165, 1.54) is 12.1 Å². The molecule has 1 aromatic heterocycles. The number of nitrogens with zero attached hydrogens (tertiary/aromatic N) is 1. The van der Waals surface area contributed by atoms with E-state index in [2.05, 4.69) is 10.3 Å². The summed E-state index contributed by atoms with van der Waals surface area (Å²) < 4.78 is 48.4. The number of rotatable bonds is 5. The van der Waals surface area contributed by atoms with Crippen molar-refractivity contribution in [1.82, 2.24) is 4.98 Å². The third-order valence-corrected chi connectivity index (χ3v) is 4.17. The number of carbonyl (C=O) groups excluding carboxylic acids is 1. The van der Waals surface area contributed by atoms with Crippen LogP contribution in [0.3, 0.4) is 0 Å². The lowest BCUT2D eigenvalue weighted by atomic mass is 10.2. The second-order valence-electron chi connectivity index (χ2n) is 6.37. The number of halogens is 3. The maximum absolute atomic E-state index is 12.5. The summed E-state index contributed by atoms with van der Waals surface area (Å²) in [5.74, 6) is 0.867. The summed E-state index contributed by atoms with van der Waals surface area (Å²) in [6.07, 6.45) is -2.25. The van der Waals surface area contributed by atoms with Gasteiger partial charge in [0.05, 0.1) is 5.56 Å². The van der Waals surface area contributed by atoms with Crippen molar-refractivity contribution in [2.75, 3.05) is 11.9 Å². The van der Waals surface area contributed by atoms with Gasteiger partial charge in [0, 0.05) is 11.6 Å². The molecular formula is C19H15F3N2O3. The lowest BCUT2D eigenvalue weighted by Gasteiger charge is -2.09. The zero-order valence-electron chi connectivity index (χ0n) is 14.0. The summed E-state index contributed by atoms with van der Waals surface area (Å²) in [4.78, 5) is 16.4. The fourth-order valence-corrected chi connectivity index (χ4v) is 2.61. The van der Waals surface area contributed by atoms with Gasteiger partial charge in [0.15, 0.2) is 18.1 Å². The van der Waals surface area contributed by atoms with Crippen LogP contribution in [-0.2, 0) is 11.0 Å². The predicted molar refractivity (Wildman–Crippen MR) is 91.6 cm³/mol. The Balaban J connectivity index is 1.35. The zero-order chi connectivity index (χ0) is 19.0. The molecule has 0 spiro atoms. The van der Waals surface area contributed by atoms with Crippen molar-refractivity contribution in [3.8, 4) is 5.75 Å². The Hall–Kier alpha value is -3.03. The SMILES string of the molecule is O=C(COc1ccc(C(F)(F)F)cc1)Nc1ccc2oc(C3CC3)nc2c1. The number of hydrogen-bond acceptors (Lipinski definition) is 4. The quantitative estimate of drug-likeness (QED) is 0.699. The van der Waals surface area contributed by atoms with Gasteiger partial charge >= 0.3 is 6.18 Å². The van der Waals surface area contributed by atoms with Crippen LogP contribution in [0.2, 0.25) is 0 Å². The van der Waals surface area contributed by atoms with Crippen molar-refractivity contribution < 1.29 is 27.1 Å². The molecule has 1 aliphatic rings. The first-order valence-electron chi connectivity index (χ1n) is 8.39. The number of benzene rings is 2. The van der Waals surface area contributed by atoms with Crippen LogP contribution >= 0.6 is 0 Å². The molecule has 0 bridgehead atoms. The van der Waals surface area contributed by atoms with Gasteiger partial charge in [0.25, 0.3) is 5.91 Å². The van der Waals surface area contributed by atoms with Crippen molar-refractivity contribution in [1.29, 1.82) is 0 Å². The van der Waals surface area contributed by atoms with Crippen molar-refractivity contribution in [2.24, 2.45) is 0 Å². The highest BCUT2D eigenvalue weighted by Gasteiger charge is 2.30. The standard InChI is InChI=1S/C19H15F3N2O3/c20-19(21,22)12-3-6-14(7-4-12)26-10-17(25)23-13-5-8-16-15(9-13)24-18(27-16)11-1-2-11/h3-9,11H,1-2,10H2,(H,23,25). The van der Waals surface area contributed by atoms with Crippen LogP contribution < -0.4 is 10.1 Å². The molecule has 1 saturated carbocycles. The third kappa shape index (κ3) is 4.05. The van der Waals surface area contributed by atoms with E-state index in [9.17, 15) is 18.0 Å². The molecule has 5 nitrogen and oxygen atoms in total. The number of aromatic nitrogens is 1. The van der Waals surface area contributed by atoms with Gasteiger partial charge in [0.1, 0.15) is 11.3 Å². The number of fused-ring (bicyclic) bond motifs is 1. The number of alkyl halides is 3. The fraction of sp³-hybridized carbons (Fsp3) is 0.263. The summed E-state index contributed by atoms with van der Waals surface area (Å²) in [5.41, 5.74) is 1.10. The molecular weight excluding hydrogens is 361 g/mol. The van der Waals surface area contributed by atoms with Crippen molar-refractivity contribution in [2.45, 2.75) is 24.9 Å². The van der Waals surface area contributed by atoms with E-state index in [0.717, 1.165) is 30.9 Å². The smallest absolute Gasteiger partial charge is 0.416 e. The van der Waals surface area contributed by atoms with Gasteiger partial charge in [-0.2, -0.15) is 13.2 Å². The second-order valence-corrected chi connectivity index (χ2v) is 6.37. The zero-order valence-corrected chi connectivity index (χ0v) is 14.0.